The Labute approximate surface area is 91.5 Å². The number of hydrogen-bond acceptors (Lipinski definition) is 2. The van der Waals surface area contributed by atoms with Crippen molar-refractivity contribution in [1.82, 2.24) is 0 Å². The highest BCUT2D eigenvalue weighted by Gasteiger charge is 1.91. The normalized spacial score (nSPS) is 10.9. The Balaban J connectivity index is 2.43. The lowest BCUT2D eigenvalue weighted by Crippen LogP contribution is -1.96. The summed E-state index contributed by atoms with van der Waals surface area (Å²) in [6.45, 7) is 5.01. The molecule has 1 rings (SSSR count). The van der Waals surface area contributed by atoms with Crippen LogP contribution in [0.4, 0.5) is 0 Å². The second kappa shape index (κ2) is 6.12. The molecule has 0 aliphatic carbocycles. The van der Waals surface area contributed by atoms with Gasteiger partial charge in [-0.15, -0.1) is 0 Å². The van der Waals surface area contributed by atoms with Crippen molar-refractivity contribution in [2.75, 3.05) is 13.7 Å². The van der Waals surface area contributed by atoms with Gasteiger partial charge >= 0.3 is 0 Å². The predicted octanol–water partition coefficient (Wildman–Crippen LogP) is 3.34. The van der Waals surface area contributed by atoms with Crippen LogP contribution < -0.4 is 4.74 Å². The summed E-state index contributed by atoms with van der Waals surface area (Å²) in [5, 5.41) is 0. The van der Waals surface area contributed by atoms with Gasteiger partial charge in [-0.25, -0.2) is 0 Å². The molecule has 0 saturated heterocycles. The van der Waals surface area contributed by atoms with Crippen LogP contribution in [-0.4, -0.2) is 13.7 Å². The van der Waals surface area contributed by atoms with Crippen molar-refractivity contribution >= 4 is 6.08 Å². The van der Waals surface area contributed by atoms with Gasteiger partial charge in [-0.05, 0) is 29.7 Å². The van der Waals surface area contributed by atoms with Crippen molar-refractivity contribution in [3.05, 3.63) is 36.1 Å². The summed E-state index contributed by atoms with van der Waals surface area (Å²) >= 11 is 0. The minimum atomic E-state index is 0.561. The standard InChI is InChI=1S/C13H18O2/c1-11(2)10-15-9-8-12-4-6-13(14-3)7-5-12/h4-9,11H,10H2,1-3H3. The quantitative estimate of drug-likeness (QED) is 0.688. The number of methoxy groups -OCH3 is 1. The highest BCUT2D eigenvalue weighted by atomic mass is 16.5. The van der Waals surface area contributed by atoms with E-state index in [0.29, 0.717) is 5.92 Å². The van der Waals surface area contributed by atoms with Gasteiger partial charge in [0.25, 0.3) is 0 Å². The van der Waals surface area contributed by atoms with Crippen molar-refractivity contribution in [3.8, 4) is 5.75 Å². The molecule has 0 N–H and O–H groups in total. The molecule has 2 nitrogen and oxygen atoms in total. The van der Waals surface area contributed by atoms with E-state index in [9.17, 15) is 0 Å². The largest absolute Gasteiger partial charge is 0.501 e. The average Bonchev–Trinajstić information content (AvgIpc) is 2.25. The van der Waals surface area contributed by atoms with Gasteiger partial charge in [-0.1, -0.05) is 26.0 Å². The van der Waals surface area contributed by atoms with Crippen LogP contribution in [0.3, 0.4) is 0 Å². The van der Waals surface area contributed by atoms with Crippen molar-refractivity contribution in [2.45, 2.75) is 13.8 Å². The number of benzene rings is 1. The highest BCUT2D eigenvalue weighted by Crippen LogP contribution is 2.12. The van der Waals surface area contributed by atoms with Gasteiger partial charge in [-0.2, -0.15) is 0 Å². The highest BCUT2D eigenvalue weighted by molar-refractivity contribution is 5.49. The molecular weight excluding hydrogens is 188 g/mol. The maximum Gasteiger partial charge on any atom is 0.118 e. The van der Waals surface area contributed by atoms with Crippen LogP contribution in [0.2, 0.25) is 0 Å². The monoisotopic (exact) mass is 206 g/mol. The summed E-state index contributed by atoms with van der Waals surface area (Å²) in [6, 6.07) is 7.85. The van der Waals surface area contributed by atoms with Crippen molar-refractivity contribution in [1.29, 1.82) is 0 Å². The molecule has 1 aromatic carbocycles. The first-order chi connectivity index (χ1) is 7.22. The second-order valence-corrected chi connectivity index (χ2v) is 3.80. The van der Waals surface area contributed by atoms with E-state index in [-0.39, 0.29) is 0 Å². The van der Waals surface area contributed by atoms with Crippen LogP contribution in [0.1, 0.15) is 19.4 Å². The third kappa shape index (κ3) is 4.54. The summed E-state index contributed by atoms with van der Waals surface area (Å²) < 4.78 is 10.4. The maximum absolute atomic E-state index is 5.34. The van der Waals surface area contributed by atoms with E-state index >= 15 is 0 Å². The van der Waals surface area contributed by atoms with E-state index in [1.165, 1.54) is 0 Å². The minimum absolute atomic E-state index is 0.561. The Bertz CT molecular complexity index is 299. The number of rotatable bonds is 5. The van der Waals surface area contributed by atoms with E-state index in [1.54, 1.807) is 13.4 Å². The first kappa shape index (κ1) is 11.6. The summed E-state index contributed by atoms with van der Waals surface area (Å²) in [5.41, 5.74) is 1.11. The zero-order valence-electron chi connectivity index (χ0n) is 9.57. The van der Waals surface area contributed by atoms with Crippen molar-refractivity contribution in [3.63, 3.8) is 0 Å². The topological polar surface area (TPSA) is 18.5 Å². The van der Waals surface area contributed by atoms with Crippen LogP contribution >= 0.6 is 0 Å². The van der Waals surface area contributed by atoms with Crippen LogP contribution in [0.5, 0.6) is 5.75 Å². The van der Waals surface area contributed by atoms with Crippen LogP contribution in [0, 0.1) is 5.92 Å². The Morgan fingerprint density at radius 2 is 1.87 bits per heavy atom. The van der Waals surface area contributed by atoms with Crippen molar-refractivity contribution in [2.24, 2.45) is 5.92 Å². The van der Waals surface area contributed by atoms with Crippen LogP contribution in [-0.2, 0) is 4.74 Å². The van der Waals surface area contributed by atoms with Crippen molar-refractivity contribution < 1.29 is 9.47 Å². The molecule has 0 heterocycles. The van der Waals surface area contributed by atoms with Gasteiger partial charge in [0.1, 0.15) is 5.75 Å². The Morgan fingerprint density at radius 1 is 1.20 bits per heavy atom. The van der Waals surface area contributed by atoms with E-state index < -0.39 is 0 Å². The molecule has 0 aliphatic heterocycles. The fourth-order valence-electron chi connectivity index (χ4n) is 1.09. The molecule has 0 fully saturated rings. The molecule has 0 bridgehead atoms. The lowest BCUT2D eigenvalue weighted by Gasteiger charge is -2.03. The molecule has 0 atom stereocenters. The zero-order valence-corrected chi connectivity index (χ0v) is 9.57. The Kier molecular flexibility index (Phi) is 4.75. The van der Waals surface area contributed by atoms with Crippen LogP contribution in [0.15, 0.2) is 30.5 Å². The van der Waals surface area contributed by atoms with E-state index in [4.69, 9.17) is 9.47 Å². The molecule has 0 saturated carbocycles. The smallest absolute Gasteiger partial charge is 0.118 e. The SMILES string of the molecule is COc1ccc(C=COCC(C)C)cc1. The second-order valence-electron chi connectivity index (χ2n) is 3.80. The molecule has 0 spiro atoms. The first-order valence-electron chi connectivity index (χ1n) is 5.14. The molecule has 15 heavy (non-hydrogen) atoms. The fraction of sp³-hybridized carbons (Fsp3) is 0.385. The number of ether oxygens (including phenoxy) is 2. The fourth-order valence-corrected chi connectivity index (χ4v) is 1.09. The van der Waals surface area contributed by atoms with Gasteiger partial charge in [-0.3, -0.25) is 0 Å². The molecule has 0 unspecified atom stereocenters. The third-order valence-corrected chi connectivity index (χ3v) is 1.90. The predicted molar refractivity (Wildman–Crippen MR) is 62.8 cm³/mol. The average molecular weight is 206 g/mol. The van der Waals surface area contributed by atoms with Crippen LogP contribution in [0.25, 0.3) is 6.08 Å². The summed E-state index contributed by atoms with van der Waals surface area (Å²) in [6.07, 6.45) is 3.68. The molecule has 0 amide bonds. The van der Waals surface area contributed by atoms with Gasteiger partial charge in [0, 0.05) is 0 Å². The van der Waals surface area contributed by atoms with Gasteiger partial charge < -0.3 is 9.47 Å². The van der Waals surface area contributed by atoms with Gasteiger partial charge in [0.2, 0.25) is 0 Å². The van der Waals surface area contributed by atoms with Gasteiger partial charge in [0.15, 0.2) is 0 Å². The lowest BCUT2D eigenvalue weighted by atomic mass is 10.2. The van der Waals surface area contributed by atoms with E-state index in [1.807, 2.05) is 30.3 Å². The lowest BCUT2D eigenvalue weighted by molar-refractivity contribution is 0.213. The summed E-state index contributed by atoms with van der Waals surface area (Å²) in [4.78, 5) is 0. The van der Waals surface area contributed by atoms with Gasteiger partial charge in [0.05, 0.1) is 20.0 Å². The molecule has 0 aromatic heterocycles. The minimum Gasteiger partial charge on any atom is -0.501 e. The third-order valence-electron chi connectivity index (χ3n) is 1.90. The number of hydrogen-bond donors (Lipinski definition) is 0. The van der Waals surface area contributed by atoms with E-state index in [0.717, 1.165) is 17.9 Å². The molecule has 0 radical (unpaired) electrons. The maximum atomic E-state index is 5.34. The molecular formula is C13H18O2. The zero-order chi connectivity index (χ0) is 11.1. The summed E-state index contributed by atoms with van der Waals surface area (Å²) in [7, 11) is 1.66. The molecule has 0 aliphatic rings. The molecule has 2 heteroatoms. The first-order valence-corrected chi connectivity index (χ1v) is 5.14. The molecule has 82 valence electrons. The van der Waals surface area contributed by atoms with E-state index in [2.05, 4.69) is 13.8 Å². The Morgan fingerprint density at radius 3 is 2.40 bits per heavy atom. The summed E-state index contributed by atoms with van der Waals surface area (Å²) in [5.74, 6) is 1.43. The molecule has 1 aromatic rings. The Hall–Kier alpha value is -1.44.